The first kappa shape index (κ1) is 24.3. The number of aromatic nitrogens is 3. The summed E-state index contributed by atoms with van der Waals surface area (Å²) < 4.78 is 1.53. The second-order valence-electron chi connectivity index (χ2n) is 8.28. The third-order valence-electron chi connectivity index (χ3n) is 5.80. The van der Waals surface area contributed by atoms with E-state index in [0.717, 1.165) is 54.8 Å². The molecule has 4 rings (SSSR count). The van der Waals surface area contributed by atoms with Crippen LogP contribution < -0.4 is 11.0 Å². The molecule has 8 nitrogen and oxygen atoms in total. The molecule has 2 amide bonds. The van der Waals surface area contributed by atoms with Gasteiger partial charge in [-0.25, -0.2) is 9.89 Å². The van der Waals surface area contributed by atoms with Gasteiger partial charge < -0.3 is 10.2 Å². The molecule has 0 spiro atoms. The molecular formula is C24H29N5O3S2. The smallest absolute Gasteiger partial charge is 0.339 e. The summed E-state index contributed by atoms with van der Waals surface area (Å²) in [7, 11) is 0. The molecule has 180 valence electrons. The molecule has 10 heteroatoms. The number of carbonyl (C=O) groups is 2. The van der Waals surface area contributed by atoms with Crippen molar-refractivity contribution in [2.24, 2.45) is 0 Å². The van der Waals surface area contributed by atoms with Crippen LogP contribution in [0.5, 0.6) is 0 Å². The standard InChI is InChI=1S/C24H29N5O3S2/c1-3-12-29-23(32)26-27-24(29)33-15-18(30)25-21-19(22(31)28-13-8-5-9-14-28)16(2)20(34-21)17-10-6-4-7-11-17/h4,6-7,10-11H,3,5,8-9,12-15H2,1-2H3,(H,25,30)(H,26,32). The summed E-state index contributed by atoms with van der Waals surface area (Å²) in [5.74, 6) is -0.178. The average Bonchev–Trinajstić information content (AvgIpc) is 3.37. The van der Waals surface area contributed by atoms with Crippen LogP contribution in [0.4, 0.5) is 5.00 Å². The molecule has 0 atom stereocenters. The maximum Gasteiger partial charge on any atom is 0.343 e. The fraction of sp³-hybridized carbons (Fsp3) is 0.417. The van der Waals surface area contributed by atoms with E-state index in [9.17, 15) is 14.4 Å². The first-order chi connectivity index (χ1) is 16.5. The van der Waals surface area contributed by atoms with E-state index >= 15 is 0 Å². The van der Waals surface area contributed by atoms with Gasteiger partial charge in [-0.1, -0.05) is 49.0 Å². The van der Waals surface area contributed by atoms with Gasteiger partial charge in [-0.3, -0.25) is 14.2 Å². The number of carbonyl (C=O) groups excluding carboxylic acids is 2. The molecule has 1 saturated heterocycles. The minimum absolute atomic E-state index is 0.0253. The molecule has 1 fully saturated rings. The number of likely N-dealkylation sites (tertiary alicyclic amines) is 1. The van der Waals surface area contributed by atoms with E-state index in [2.05, 4.69) is 15.5 Å². The van der Waals surface area contributed by atoms with Gasteiger partial charge >= 0.3 is 5.69 Å². The van der Waals surface area contributed by atoms with Crippen LogP contribution in [-0.2, 0) is 11.3 Å². The topological polar surface area (TPSA) is 100 Å². The SMILES string of the molecule is CCCn1c(SCC(=O)Nc2sc(-c3ccccc3)c(C)c2C(=O)N2CCCCC2)n[nH]c1=O. The Morgan fingerprint density at radius 3 is 2.62 bits per heavy atom. The number of thioether (sulfide) groups is 1. The Hall–Kier alpha value is -2.85. The van der Waals surface area contributed by atoms with E-state index in [1.807, 2.05) is 49.1 Å². The van der Waals surface area contributed by atoms with Gasteiger partial charge in [0.2, 0.25) is 5.91 Å². The Kier molecular flexibility index (Phi) is 7.89. The van der Waals surface area contributed by atoms with Crippen molar-refractivity contribution in [3.63, 3.8) is 0 Å². The predicted octanol–water partition coefficient (Wildman–Crippen LogP) is 4.38. The molecule has 1 aromatic carbocycles. The number of thiophene rings is 1. The highest BCUT2D eigenvalue weighted by Gasteiger charge is 2.27. The van der Waals surface area contributed by atoms with Crippen molar-refractivity contribution in [3.05, 3.63) is 51.9 Å². The Morgan fingerprint density at radius 2 is 1.91 bits per heavy atom. The van der Waals surface area contributed by atoms with Crippen molar-refractivity contribution in [1.82, 2.24) is 19.7 Å². The molecule has 0 saturated carbocycles. The fourth-order valence-electron chi connectivity index (χ4n) is 4.11. The molecule has 0 unspecified atom stereocenters. The number of H-pyrrole nitrogens is 1. The number of aromatic amines is 1. The average molecular weight is 500 g/mol. The van der Waals surface area contributed by atoms with E-state index in [4.69, 9.17) is 0 Å². The maximum absolute atomic E-state index is 13.5. The van der Waals surface area contributed by atoms with Crippen LogP contribution >= 0.6 is 23.1 Å². The number of benzene rings is 1. The van der Waals surface area contributed by atoms with Crippen molar-refractivity contribution in [2.45, 2.75) is 51.2 Å². The summed E-state index contributed by atoms with van der Waals surface area (Å²) in [6, 6.07) is 9.92. The Bertz CT molecular complexity index is 1210. The van der Waals surface area contributed by atoms with Crippen LogP contribution in [0.2, 0.25) is 0 Å². The molecule has 0 radical (unpaired) electrons. The van der Waals surface area contributed by atoms with E-state index < -0.39 is 0 Å². The molecule has 1 aliphatic heterocycles. The molecule has 0 bridgehead atoms. The van der Waals surface area contributed by atoms with Gasteiger partial charge in [-0.15, -0.1) is 16.4 Å². The van der Waals surface area contributed by atoms with Crippen molar-refractivity contribution in [2.75, 3.05) is 24.2 Å². The third kappa shape index (κ3) is 5.28. The van der Waals surface area contributed by atoms with Crippen molar-refractivity contribution >= 4 is 39.9 Å². The van der Waals surface area contributed by atoms with Crippen molar-refractivity contribution in [1.29, 1.82) is 0 Å². The number of amides is 2. The maximum atomic E-state index is 13.5. The van der Waals surface area contributed by atoms with E-state index in [0.29, 0.717) is 22.3 Å². The molecule has 2 N–H and O–H groups in total. The van der Waals surface area contributed by atoms with E-state index in [1.165, 1.54) is 27.7 Å². The highest BCUT2D eigenvalue weighted by molar-refractivity contribution is 7.99. The summed E-state index contributed by atoms with van der Waals surface area (Å²) in [5.41, 5.74) is 2.21. The molecule has 3 heterocycles. The van der Waals surface area contributed by atoms with Gasteiger partial charge in [0.05, 0.1) is 11.3 Å². The zero-order chi connectivity index (χ0) is 24.1. The van der Waals surface area contributed by atoms with Gasteiger partial charge in [0, 0.05) is 24.5 Å². The minimum atomic E-state index is -0.277. The van der Waals surface area contributed by atoms with Crippen LogP contribution in [0, 0.1) is 6.92 Å². The summed E-state index contributed by atoms with van der Waals surface area (Å²) in [5, 5.41) is 10.5. The predicted molar refractivity (Wildman–Crippen MR) is 137 cm³/mol. The minimum Gasteiger partial charge on any atom is -0.339 e. The Balaban J connectivity index is 1.58. The number of hydrogen-bond donors (Lipinski definition) is 2. The summed E-state index contributed by atoms with van der Waals surface area (Å²) in [6.45, 7) is 5.95. The number of hydrogen-bond acceptors (Lipinski definition) is 6. The first-order valence-corrected chi connectivity index (χ1v) is 13.4. The molecule has 2 aromatic heterocycles. The Morgan fingerprint density at radius 1 is 1.18 bits per heavy atom. The molecular weight excluding hydrogens is 470 g/mol. The monoisotopic (exact) mass is 499 g/mol. The van der Waals surface area contributed by atoms with Gasteiger partial charge in [-0.2, -0.15) is 0 Å². The number of piperidine rings is 1. The van der Waals surface area contributed by atoms with Crippen LogP contribution in [0.1, 0.15) is 48.5 Å². The quantitative estimate of drug-likeness (QED) is 0.448. The van der Waals surface area contributed by atoms with Gasteiger partial charge in [0.25, 0.3) is 5.91 Å². The van der Waals surface area contributed by atoms with Crippen LogP contribution in [0.15, 0.2) is 40.3 Å². The van der Waals surface area contributed by atoms with Crippen LogP contribution in [-0.4, -0.2) is 50.3 Å². The Labute approximate surface area is 206 Å². The van der Waals surface area contributed by atoms with Crippen molar-refractivity contribution in [3.8, 4) is 10.4 Å². The van der Waals surface area contributed by atoms with E-state index in [1.54, 1.807) is 0 Å². The second kappa shape index (κ2) is 11.1. The van der Waals surface area contributed by atoms with Gasteiger partial charge in [0.1, 0.15) is 5.00 Å². The molecule has 0 aliphatic carbocycles. The summed E-state index contributed by atoms with van der Waals surface area (Å²) in [6.07, 6.45) is 3.93. The third-order valence-corrected chi connectivity index (χ3v) is 8.03. The zero-order valence-corrected chi connectivity index (χ0v) is 21.1. The van der Waals surface area contributed by atoms with Gasteiger partial charge in [0.15, 0.2) is 5.16 Å². The lowest BCUT2D eigenvalue weighted by Crippen LogP contribution is -2.36. The molecule has 1 aliphatic rings. The lowest BCUT2D eigenvalue weighted by Gasteiger charge is -2.27. The number of anilines is 1. The highest BCUT2D eigenvalue weighted by atomic mass is 32.2. The lowest BCUT2D eigenvalue weighted by atomic mass is 10.0. The van der Waals surface area contributed by atoms with Crippen LogP contribution in [0.25, 0.3) is 10.4 Å². The second-order valence-corrected chi connectivity index (χ2v) is 10.2. The van der Waals surface area contributed by atoms with Crippen LogP contribution in [0.3, 0.4) is 0 Å². The van der Waals surface area contributed by atoms with Gasteiger partial charge in [-0.05, 0) is 43.7 Å². The van der Waals surface area contributed by atoms with E-state index in [-0.39, 0.29) is 23.3 Å². The molecule has 3 aromatic rings. The summed E-state index contributed by atoms with van der Waals surface area (Å²) in [4.78, 5) is 41.2. The van der Waals surface area contributed by atoms with Crippen molar-refractivity contribution < 1.29 is 9.59 Å². The normalized spacial score (nSPS) is 13.8. The summed E-state index contributed by atoms with van der Waals surface area (Å²) >= 11 is 2.63. The zero-order valence-electron chi connectivity index (χ0n) is 19.4. The highest BCUT2D eigenvalue weighted by Crippen LogP contribution is 2.40. The first-order valence-electron chi connectivity index (χ1n) is 11.6. The molecule has 34 heavy (non-hydrogen) atoms. The number of nitrogens with zero attached hydrogens (tertiary/aromatic N) is 3. The number of nitrogens with one attached hydrogen (secondary N) is 2. The number of rotatable bonds is 8. The largest absolute Gasteiger partial charge is 0.343 e. The fourth-order valence-corrected chi connectivity index (χ4v) is 6.10. The lowest BCUT2D eigenvalue weighted by molar-refractivity contribution is -0.113.